The van der Waals surface area contributed by atoms with Crippen LogP contribution in [0.25, 0.3) is 0 Å². The van der Waals surface area contributed by atoms with E-state index in [1.807, 2.05) is 13.8 Å². The van der Waals surface area contributed by atoms with Crippen molar-refractivity contribution in [3.8, 4) is 0 Å². The number of hydrogen-bond acceptors (Lipinski definition) is 2. The Labute approximate surface area is 87.4 Å². The van der Waals surface area contributed by atoms with Gasteiger partial charge in [-0.2, -0.15) is 0 Å². The summed E-state index contributed by atoms with van der Waals surface area (Å²) in [6.45, 7) is 10.3. The van der Waals surface area contributed by atoms with Crippen LogP contribution in [-0.4, -0.2) is 30.7 Å². The monoisotopic (exact) mass is 201 g/mol. The van der Waals surface area contributed by atoms with E-state index in [9.17, 15) is 4.79 Å². The molecule has 0 aliphatic rings. The predicted octanol–water partition coefficient (Wildman–Crippen LogP) is 2.90. The highest BCUT2D eigenvalue weighted by molar-refractivity contribution is 5.67. The molecule has 14 heavy (non-hydrogen) atoms. The molecule has 0 atom stereocenters. The highest BCUT2D eigenvalue weighted by atomic mass is 16.6. The van der Waals surface area contributed by atoms with Gasteiger partial charge in [0.05, 0.1) is 6.61 Å². The third-order valence-electron chi connectivity index (χ3n) is 1.79. The van der Waals surface area contributed by atoms with Crippen LogP contribution in [0.4, 0.5) is 4.79 Å². The molecule has 3 heteroatoms. The van der Waals surface area contributed by atoms with E-state index in [0.717, 1.165) is 25.9 Å². The van der Waals surface area contributed by atoms with Crippen molar-refractivity contribution in [2.24, 2.45) is 5.92 Å². The Hall–Kier alpha value is -0.730. The summed E-state index contributed by atoms with van der Waals surface area (Å²) in [6, 6.07) is 0. The number of carbonyl (C=O) groups is 1. The average Bonchev–Trinajstić information content (AvgIpc) is 2.14. The van der Waals surface area contributed by atoms with Gasteiger partial charge in [-0.05, 0) is 18.8 Å². The van der Waals surface area contributed by atoms with Crippen LogP contribution in [-0.2, 0) is 4.74 Å². The molecule has 0 fully saturated rings. The number of hydrogen-bond donors (Lipinski definition) is 0. The molecular weight excluding hydrogens is 178 g/mol. The number of amides is 1. The van der Waals surface area contributed by atoms with Gasteiger partial charge in [0.2, 0.25) is 0 Å². The van der Waals surface area contributed by atoms with E-state index in [1.165, 1.54) is 0 Å². The molecule has 1 amide bonds. The zero-order valence-corrected chi connectivity index (χ0v) is 9.88. The minimum atomic E-state index is -0.164. The summed E-state index contributed by atoms with van der Waals surface area (Å²) in [7, 11) is 0. The summed E-state index contributed by atoms with van der Waals surface area (Å²) < 4.78 is 5.16. The fraction of sp³-hybridized carbons (Fsp3) is 0.909. The van der Waals surface area contributed by atoms with Crippen molar-refractivity contribution in [1.29, 1.82) is 0 Å². The highest BCUT2D eigenvalue weighted by Crippen LogP contribution is 2.01. The van der Waals surface area contributed by atoms with E-state index < -0.39 is 0 Å². The third kappa shape index (κ3) is 5.84. The number of nitrogens with zero attached hydrogens (tertiary/aromatic N) is 1. The molecule has 0 heterocycles. The fourth-order valence-corrected chi connectivity index (χ4v) is 1.16. The van der Waals surface area contributed by atoms with Crippen molar-refractivity contribution >= 4 is 6.09 Å². The normalized spacial score (nSPS) is 10.4. The van der Waals surface area contributed by atoms with Crippen LogP contribution in [0, 0.1) is 5.92 Å². The minimum absolute atomic E-state index is 0.164. The van der Waals surface area contributed by atoms with E-state index in [0.29, 0.717) is 12.5 Å². The second kappa shape index (κ2) is 7.65. The molecule has 0 rings (SSSR count). The van der Waals surface area contributed by atoms with Gasteiger partial charge in [0.15, 0.2) is 0 Å². The summed E-state index contributed by atoms with van der Waals surface area (Å²) in [5.41, 5.74) is 0. The van der Waals surface area contributed by atoms with E-state index >= 15 is 0 Å². The molecular formula is C11H23NO2. The molecule has 0 aliphatic heterocycles. The Balaban J connectivity index is 3.88. The summed E-state index contributed by atoms with van der Waals surface area (Å²) in [5, 5.41) is 0. The zero-order valence-electron chi connectivity index (χ0n) is 9.88. The van der Waals surface area contributed by atoms with Gasteiger partial charge >= 0.3 is 6.09 Å². The number of carbonyl (C=O) groups excluding carboxylic acids is 1. The van der Waals surface area contributed by atoms with Crippen LogP contribution in [0.3, 0.4) is 0 Å². The molecule has 0 aromatic heterocycles. The molecule has 0 bridgehead atoms. The van der Waals surface area contributed by atoms with Gasteiger partial charge < -0.3 is 9.64 Å². The molecule has 0 aromatic rings. The Morgan fingerprint density at radius 3 is 2.07 bits per heavy atom. The quantitative estimate of drug-likeness (QED) is 0.661. The van der Waals surface area contributed by atoms with Gasteiger partial charge in [-0.3, -0.25) is 0 Å². The molecule has 3 nitrogen and oxygen atoms in total. The number of ether oxygens (including phenoxy) is 1. The Kier molecular flexibility index (Phi) is 7.25. The van der Waals surface area contributed by atoms with Gasteiger partial charge in [-0.1, -0.05) is 27.7 Å². The standard InChI is InChI=1S/C11H23NO2/c1-5-7-12(8-6-2)11(13)14-9-10(3)4/h10H,5-9H2,1-4H3. The largest absolute Gasteiger partial charge is 0.449 e. The van der Waals surface area contributed by atoms with Crippen LogP contribution in [0.15, 0.2) is 0 Å². The smallest absolute Gasteiger partial charge is 0.409 e. The van der Waals surface area contributed by atoms with E-state index in [1.54, 1.807) is 4.90 Å². The lowest BCUT2D eigenvalue weighted by molar-refractivity contribution is 0.0920. The first-order chi connectivity index (χ1) is 6.61. The summed E-state index contributed by atoms with van der Waals surface area (Å²) >= 11 is 0. The van der Waals surface area contributed by atoms with Crippen LogP contribution >= 0.6 is 0 Å². The minimum Gasteiger partial charge on any atom is -0.449 e. The average molecular weight is 201 g/mol. The second-order valence-corrected chi connectivity index (χ2v) is 3.96. The highest BCUT2D eigenvalue weighted by Gasteiger charge is 2.12. The van der Waals surface area contributed by atoms with E-state index in [2.05, 4.69) is 13.8 Å². The molecule has 0 saturated carbocycles. The predicted molar refractivity (Wildman–Crippen MR) is 58.3 cm³/mol. The first-order valence-corrected chi connectivity index (χ1v) is 5.53. The molecule has 84 valence electrons. The van der Waals surface area contributed by atoms with Gasteiger partial charge in [0.1, 0.15) is 0 Å². The lowest BCUT2D eigenvalue weighted by atomic mass is 10.2. The SMILES string of the molecule is CCCN(CCC)C(=O)OCC(C)C. The third-order valence-corrected chi connectivity index (χ3v) is 1.79. The van der Waals surface area contributed by atoms with Gasteiger partial charge in [-0.15, -0.1) is 0 Å². The van der Waals surface area contributed by atoms with Crippen molar-refractivity contribution in [1.82, 2.24) is 4.90 Å². The molecule has 0 radical (unpaired) electrons. The Morgan fingerprint density at radius 1 is 1.21 bits per heavy atom. The van der Waals surface area contributed by atoms with Crippen LogP contribution in [0.1, 0.15) is 40.5 Å². The summed E-state index contributed by atoms with van der Waals surface area (Å²) in [4.78, 5) is 13.3. The molecule has 0 unspecified atom stereocenters. The molecule has 0 N–H and O–H groups in total. The molecule has 0 aliphatic carbocycles. The molecule has 0 saturated heterocycles. The van der Waals surface area contributed by atoms with Crippen LogP contribution in [0.2, 0.25) is 0 Å². The van der Waals surface area contributed by atoms with E-state index in [4.69, 9.17) is 4.74 Å². The summed E-state index contributed by atoms with van der Waals surface area (Å²) in [6.07, 6.45) is 1.80. The van der Waals surface area contributed by atoms with Gasteiger partial charge in [0.25, 0.3) is 0 Å². The van der Waals surface area contributed by atoms with Crippen molar-refractivity contribution in [3.05, 3.63) is 0 Å². The molecule has 0 spiro atoms. The fourth-order valence-electron chi connectivity index (χ4n) is 1.16. The van der Waals surface area contributed by atoms with Crippen molar-refractivity contribution in [3.63, 3.8) is 0 Å². The Morgan fingerprint density at radius 2 is 1.71 bits per heavy atom. The van der Waals surface area contributed by atoms with Crippen molar-refractivity contribution < 1.29 is 9.53 Å². The van der Waals surface area contributed by atoms with E-state index in [-0.39, 0.29) is 6.09 Å². The number of rotatable bonds is 6. The second-order valence-electron chi connectivity index (χ2n) is 3.96. The first-order valence-electron chi connectivity index (χ1n) is 5.53. The van der Waals surface area contributed by atoms with Gasteiger partial charge in [-0.25, -0.2) is 4.79 Å². The lowest BCUT2D eigenvalue weighted by Crippen LogP contribution is -2.33. The first kappa shape index (κ1) is 13.3. The Bertz CT molecular complexity index is 151. The topological polar surface area (TPSA) is 29.5 Å². The maximum absolute atomic E-state index is 11.5. The maximum atomic E-state index is 11.5. The zero-order chi connectivity index (χ0) is 11.0. The lowest BCUT2D eigenvalue weighted by Gasteiger charge is -2.21. The van der Waals surface area contributed by atoms with Crippen LogP contribution in [0.5, 0.6) is 0 Å². The van der Waals surface area contributed by atoms with Crippen molar-refractivity contribution in [2.45, 2.75) is 40.5 Å². The summed E-state index contributed by atoms with van der Waals surface area (Å²) in [5.74, 6) is 0.407. The van der Waals surface area contributed by atoms with Gasteiger partial charge in [0, 0.05) is 13.1 Å². The maximum Gasteiger partial charge on any atom is 0.409 e. The van der Waals surface area contributed by atoms with Crippen molar-refractivity contribution in [2.75, 3.05) is 19.7 Å². The molecule has 0 aromatic carbocycles. The van der Waals surface area contributed by atoms with Crippen LogP contribution < -0.4 is 0 Å².